The number of halogens is 1. The van der Waals surface area contributed by atoms with Crippen LogP contribution >= 0.6 is 23.1 Å². The van der Waals surface area contributed by atoms with Gasteiger partial charge in [-0.25, -0.2) is 4.39 Å². The molecule has 1 fully saturated rings. The minimum atomic E-state index is -0.339. The van der Waals surface area contributed by atoms with E-state index in [1.807, 2.05) is 17.5 Å². The first-order valence-electron chi connectivity index (χ1n) is 7.13. The predicted octanol–water partition coefficient (Wildman–Crippen LogP) is 3.26. The van der Waals surface area contributed by atoms with Gasteiger partial charge < -0.3 is 10.2 Å². The first-order chi connectivity index (χ1) is 11.1. The Morgan fingerprint density at radius 3 is 2.70 bits per heavy atom. The van der Waals surface area contributed by atoms with Crippen LogP contribution in [-0.2, 0) is 4.79 Å². The Morgan fingerprint density at radius 1 is 1.30 bits per heavy atom. The van der Waals surface area contributed by atoms with Crippen molar-refractivity contribution in [1.29, 1.82) is 0 Å². The smallest absolute Gasteiger partial charge is 0.282 e. The highest BCUT2D eigenvalue weighted by Gasteiger charge is 2.25. The zero-order chi connectivity index (χ0) is 16.2. The zero-order valence-corrected chi connectivity index (χ0v) is 13.8. The van der Waals surface area contributed by atoms with E-state index in [0.717, 1.165) is 16.2 Å². The second-order valence-electron chi connectivity index (χ2n) is 5.10. The Bertz CT molecular complexity index is 689. The maximum atomic E-state index is 13.1. The molecule has 2 heterocycles. The Kier molecular flexibility index (Phi) is 4.97. The van der Waals surface area contributed by atoms with Gasteiger partial charge in [0.1, 0.15) is 12.4 Å². The van der Waals surface area contributed by atoms with E-state index in [1.54, 1.807) is 12.1 Å². The molecule has 1 aliphatic heterocycles. The number of amides is 2. The molecule has 1 aliphatic rings. The molecule has 4 nitrogen and oxygen atoms in total. The number of hydrogen-bond donors (Lipinski definition) is 1. The standard InChI is InChI=1S/C16H15FN2O2S2/c17-12-5-3-11(4-6-12)15(13-2-1-8-22-13)18-14(20)10-19-7-9-23-16(19)21/h1-6,8,15H,7,9-10H2,(H,18,20)/t15-/m0/s1. The van der Waals surface area contributed by atoms with Gasteiger partial charge in [-0.05, 0) is 29.1 Å². The van der Waals surface area contributed by atoms with Gasteiger partial charge >= 0.3 is 0 Å². The molecule has 2 aromatic rings. The van der Waals surface area contributed by atoms with E-state index >= 15 is 0 Å². The summed E-state index contributed by atoms with van der Waals surface area (Å²) in [6.07, 6.45) is 0. The molecule has 0 aliphatic carbocycles. The summed E-state index contributed by atoms with van der Waals surface area (Å²) in [5.74, 6) is 0.187. The van der Waals surface area contributed by atoms with Crippen molar-refractivity contribution in [2.75, 3.05) is 18.8 Å². The quantitative estimate of drug-likeness (QED) is 0.900. The fourth-order valence-corrected chi connectivity index (χ4v) is 4.01. The number of benzene rings is 1. The summed E-state index contributed by atoms with van der Waals surface area (Å²) in [7, 11) is 0. The molecule has 1 saturated heterocycles. The molecule has 7 heteroatoms. The Morgan fingerprint density at radius 2 is 2.09 bits per heavy atom. The lowest BCUT2D eigenvalue weighted by molar-refractivity contribution is -0.122. The molecule has 1 aromatic heterocycles. The molecule has 23 heavy (non-hydrogen) atoms. The van der Waals surface area contributed by atoms with E-state index in [9.17, 15) is 14.0 Å². The van der Waals surface area contributed by atoms with Crippen LogP contribution in [0.2, 0.25) is 0 Å². The van der Waals surface area contributed by atoms with Crippen LogP contribution in [-0.4, -0.2) is 34.9 Å². The molecule has 120 valence electrons. The van der Waals surface area contributed by atoms with Crippen molar-refractivity contribution in [2.24, 2.45) is 0 Å². The zero-order valence-electron chi connectivity index (χ0n) is 12.2. The van der Waals surface area contributed by atoms with Gasteiger partial charge in [-0.1, -0.05) is 30.0 Å². The van der Waals surface area contributed by atoms with Crippen molar-refractivity contribution in [3.63, 3.8) is 0 Å². The topological polar surface area (TPSA) is 49.4 Å². The number of rotatable bonds is 5. The molecule has 1 N–H and O–H groups in total. The van der Waals surface area contributed by atoms with Crippen molar-refractivity contribution in [1.82, 2.24) is 10.2 Å². The third kappa shape index (κ3) is 3.92. The van der Waals surface area contributed by atoms with Crippen LogP contribution in [0, 0.1) is 5.82 Å². The Balaban J connectivity index is 1.75. The van der Waals surface area contributed by atoms with Gasteiger partial charge in [0.2, 0.25) is 5.91 Å². The average molecular weight is 350 g/mol. The first kappa shape index (κ1) is 16.0. The highest BCUT2D eigenvalue weighted by molar-refractivity contribution is 8.13. The fourth-order valence-electron chi connectivity index (χ4n) is 2.38. The number of thiophene rings is 1. The molecule has 2 amide bonds. The van der Waals surface area contributed by atoms with E-state index in [1.165, 1.54) is 40.1 Å². The average Bonchev–Trinajstić information content (AvgIpc) is 3.19. The van der Waals surface area contributed by atoms with Gasteiger partial charge in [-0.2, -0.15) is 0 Å². The number of nitrogens with zero attached hydrogens (tertiary/aromatic N) is 1. The van der Waals surface area contributed by atoms with Crippen LogP contribution < -0.4 is 5.32 Å². The number of hydrogen-bond acceptors (Lipinski definition) is 4. The maximum Gasteiger partial charge on any atom is 0.282 e. The molecule has 3 rings (SSSR count). The molecule has 0 bridgehead atoms. The monoisotopic (exact) mass is 350 g/mol. The molecule has 0 radical (unpaired) electrons. The highest BCUT2D eigenvalue weighted by Crippen LogP contribution is 2.26. The van der Waals surface area contributed by atoms with Crippen molar-refractivity contribution in [2.45, 2.75) is 6.04 Å². The highest BCUT2D eigenvalue weighted by atomic mass is 32.2. The van der Waals surface area contributed by atoms with Gasteiger partial charge in [-0.3, -0.25) is 9.59 Å². The van der Waals surface area contributed by atoms with Gasteiger partial charge in [-0.15, -0.1) is 11.3 Å². The Hall–Kier alpha value is -1.86. The fraction of sp³-hybridized carbons (Fsp3) is 0.250. The molecule has 0 saturated carbocycles. The summed E-state index contributed by atoms with van der Waals surface area (Å²) in [6, 6.07) is 9.58. The van der Waals surface area contributed by atoms with E-state index in [2.05, 4.69) is 5.32 Å². The summed E-state index contributed by atoms with van der Waals surface area (Å²) < 4.78 is 13.1. The number of carbonyl (C=O) groups is 2. The van der Waals surface area contributed by atoms with Crippen molar-refractivity contribution in [3.05, 3.63) is 58.0 Å². The van der Waals surface area contributed by atoms with Gasteiger partial charge in [0.05, 0.1) is 6.04 Å². The summed E-state index contributed by atoms with van der Waals surface area (Å²) in [6.45, 7) is 0.645. The normalized spacial score (nSPS) is 15.7. The lowest BCUT2D eigenvalue weighted by atomic mass is 10.1. The van der Waals surface area contributed by atoms with Crippen molar-refractivity contribution in [3.8, 4) is 0 Å². The van der Waals surface area contributed by atoms with Crippen LogP contribution in [0.15, 0.2) is 41.8 Å². The molecule has 0 spiro atoms. The molecular formula is C16H15FN2O2S2. The number of carbonyl (C=O) groups excluding carboxylic acids is 2. The lowest BCUT2D eigenvalue weighted by Crippen LogP contribution is -2.39. The van der Waals surface area contributed by atoms with E-state index in [-0.39, 0.29) is 29.6 Å². The van der Waals surface area contributed by atoms with E-state index in [4.69, 9.17) is 0 Å². The summed E-state index contributed by atoms with van der Waals surface area (Å²) in [5, 5.41) is 4.82. The van der Waals surface area contributed by atoms with Gasteiger partial charge in [0, 0.05) is 17.2 Å². The minimum absolute atomic E-state index is 0.0505. The second-order valence-corrected chi connectivity index (χ2v) is 7.13. The molecule has 1 aromatic carbocycles. The lowest BCUT2D eigenvalue weighted by Gasteiger charge is -2.20. The summed E-state index contributed by atoms with van der Waals surface area (Å²) in [5.41, 5.74) is 0.810. The van der Waals surface area contributed by atoms with E-state index in [0.29, 0.717) is 6.54 Å². The Labute approximate surface area is 141 Å². The third-order valence-electron chi connectivity index (χ3n) is 3.52. The summed E-state index contributed by atoms with van der Waals surface area (Å²) in [4.78, 5) is 26.4. The summed E-state index contributed by atoms with van der Waals surface area (Å²) >= 11 is 2.75. The molecular weight excluding hydrogens is 335 g/mol. The minimum Gasteiger partial charge on any atom is -0.343 e. The van der Waals surface area contributed by atoms with Crippen molar-refractivity contribution < 1.29 is 14.0 Å². The number of thioether (sulfide) groups is 1. The number of nitrogens with one attached hydrogen (secondary N) is 1. The van der Waals surface area contributed by atoms with E-state index < -0.39 is 0 Å². The molecule has 0 unspecified atom stereocenters. The second kappa shape index (κ2) is 7.14. The largest absolute Gasteiger partial charge is 0.343 e. The van der Waals surface area contributed by atoms with Gasteiger partial charge in [0.15, 0.2) is 0 Å². The molecule has 1 atom stereocenters. The third-order valence-corrected chi connectivity index (χ3v) is 5.34. The SMILES string of the molecule is O=C(CN1CCSC1=O)N[C@@H](c1ccc(F)cc1)c1cccs1. The van der Waals surface area contributed by atoms with Crippen LogP contribution in [0.1, 0.15) is 16.5 Å². The van der Waals surface area contributed by atoms with Gasteiger partial charge in [0.25, 0.3) is 5.24 Å². The van der Waals surface area contributed by atoms with Crippen LogP contribution in [0.25, 0.3) is 0 Å². The van der Waals surface area contributed by atoms with Crippen LogP contribution in [0.4, 0.5) is 9.18 Å². The predicted molar refractivity (Wildman–Crippen MR) is 90.1 cm³/mol. The van der Waals surface area contributed by atoms with Crippen LogP contribution in [0.5, 0.6) is 0 Å². The maximum absolute atomic E-state index is 13.1. The van der Waals surface area contributed by atoms with Crippen LogP contribution in [0.3, 0.4) is 0 Å². The van der Waals surface area contributed by atoms with Crippen molar-refractivity contribution >= 4 is 34.2 Å². The first-order valence-corrected chi connectivity index (χ1v) is 9.00.